The van der Waals surface area contributed by atoms with Crippen LogP contribution >= 0.6 is 0 Å². The van der Waals surface area contributed by atoms with Crippen molar-refractivity contribution >= 4 is 5.82 Å². The largest absolute Gasteiger partial charge is 0.381 e. The smallest absolute Gasteiger partial charge is 0.168 e. The number of fused-ring (bicyclic) bond motifs is 1. The van der Waals surface area contributed by atoms with Gasteiger partial charge in [0.2, 0.25) is 0 Å². The Kier molecular flexibility index (Phi) is 5.42. The molecule has 1 N–H and O–H groups in total. The van der Waals surface area contributed by atoms with Crippen LogP contribution in [0.5, 0.6) is 0 Å². The molecule has 3 atom stereocenters. The highest BCUT2D eigenvalue weighted by molar-refractivity contribution is 5.64. The number of hydrogen-bond acceptors (Lipinski definition) is 5. The molecule has 1 aliphatic carbocycles. The van der Waals surface area contributed by atoms with Gasteiger partial charge in [-0.05, 0) is 68.1 Å². The molecule has 0 bridgehead atoms. The fourth-order valence-corrected chi connectivity index (χ4v) is 5.37. The number of likely N-dealkylation sites (tertiary alicyclic amines) is 1. The molecule has 32 heavy (non-hydrogen) atoms. The van der Waals surface area contributed by atoms with Crippen LogP contribution in [0.4, 0.5) is 19.0 Å². The Hall–Kier alpha value is -2.19. The van der Waals surface area contributed by atoms with Crippen molar-refractivity contribution < 1.29 is 20.6 Å². The quantitative estimate of drug-likeness (QED) is 0.687. The minimum absolute atomic E-state index is 0.0159. The van der Waals surface area contributed by atoms with Gasteiger partial charge in [0.05, 0.1) is 5.69 Å². The molecule has 1 aromatic heterocycles. The third-order valence-electron chi connectivity index (χ3n) is 6.92. The van der Waals surface area contributed by atoms with E-state index in [0.717, 1.165) is 44.8 Å². The van der Waals surface area contributed by atoms with Gasteiger partial charge in [-0.1, -0.05) is 0 Å². The third kappa shape index (κ3) is 4.48. The van der Waals surface area contributed by atoms with Gasteiger partial charge in [-0.15, -0.1) is 10.2 Å². The van der Waals surface area contributed by atoms with Gasteiger partial charge in [-0.3, -0.25) is 0 Å². The van der Waals surface area contributed by atoms with Crippen molar-refractivity contribution in [3.05, 3.63) is 41.2 Å². The van der Waals surface area contributed by atoms with Crippen molar-refractivity contribution in [1.82, 2.24) is 15.1 Å². The van der Waals surface area contributed by atoms with E-state index in [1.54, 1.807) is 13.0 Å². The monoisotopic (exact) mass is 448 g/mol. The molecule has 1 saturated carbocycles. The molecule has 0 amide bonds. The summed E-state index contributed by atoms with van der Waals surface area (Å²) in [6.07, 6.45) is 3.36. The molecule has 5 nitrogen and oxygen atoms in total. The molecule has 1 aromatic carbocycles. The average molecular weight is 449 g/mol. The van der Waals surface area contributed by atoms with E-state index in [0.29, 0.717) is 42.5 Å². The van der Waals surface area contributed by atoms with Crippen LogP contribution in [0.2, 0.25) is 0 Å². The van der Waals surface area contributed by atoms with Crippen molar-refractivity contribution in [2.75, 3.05) is 38.1 Å². The zero-order chi connectivity index (χ0) is 24.0. The number of rotatable bonds is 5. The van der Waals surface area contributed by atoms with E-state index < -0.39 is 23.9 Å². The predicted octanol–water partition coefficient (Wildman–Crippen LogP) is 4.42. The minimum Gasteiger partial charge on any atom is -0.381 e. The summed E-state index contributed by atoms with van der Waals surface area (Å²) in [7, 11) is 0. The highest BCUT2D eigenvalue weighted by Crippen LogP contribution is 2.40. The van der Waals surface area contributed by atoms with Crippen LogP contribution in [0.15, 0.2) is 18.2 Å². The number of nitrogens with zero attached hydrogens (tertiary/aromatic N) is 3. The third-order valence-corrected chi connectivity index (χ3v) is 6.92. The first-order valence-corrected chi connectivity index (χ1v) is 11.3. The Balaban J connectivity index is 1.22. The van der Waals surface area contributed by atoms with Crippen LogP contribution in [-0.4, -0.2) is 53.9 Å². The maximum atomic E-state index is 14.2. The molecule has 5 rings (SSSR count). The van der Waals surface area contributed by atoms with Crippen LogP contribution in [-0.2, 0) is 4.74 Å². The van der Waals surface area contributed by atoms with E-state index in [2.05, 4.69) is 15.5 Å². The van der Waals surface area contributed by atoms with E-state index in [1.165, 1.54) is 0 Å². The average Bonchev–Trinajstić information content (AvgIpc) is 3.36. The van der Waals surface area contributed by atoms with Crippen molar-refractivity contribution in [2.45, 2.75) is 38.6 Å². The number of nitrogens with one attached hydrogen (secondary N) is 1. The number of ether oxygens (including phenoxy) is 1. The van der Waals surface area contributed by atoms with Crippen LogP contribution in [0, 0.1) is 42.1 Å². The first-order valence-electron chi connectivity index (χ1n) is 12.3. The highest BCUT2D eigenvalue weighted by Gasteiger charge is 2.41. The molecular weight excluding hydrogens is 417 g/mol. The van der Waals surface area contributed by atoms with E-state index in [4.69, 9.17) is 7.48 Å². The zero-order valence-electron chi connectivity index (χ0n) is 20.1. The van der Waals surface area contributed by atoms with Gasteiger partial charge in [0.25, 0.3) is 0 Å². The molecular formula is C24H29F3N4O. The number of anilines is 1. The second kappa shape index (κ2) is 8.98. The summed E-state index contributed by atoms with van der Waals surface area (Å²) in [5.41, 5.74) is 0.425. The van der Waals surface area contributed by atoms with Crippen molar-refractivity contribution in [2.24, 2.45) is 17.8 Å². The Bertz CT molecular complexity index is 1050. The zero-order valence-corrected chi connectivity index (χ0v) is 18.1. The van der Waals surface area contributed by atoms with Crippen molar-refractivity contribution in [1.29, 1.82) is 0 Å². The summed E-state index contributed by atoms with van der Waals surface area (Å²) in [5.74, 6) is -1.88. The number of halogens is 3. The van der Waals surface area contributed by atoms with Gasteiger partial charge < -0.3 is 15.0 Å². The molecule has 172 valence electrons. The van der Waals surface area contributed by atoms with E-state index in [1.807, 2.05) is 4.90 Å². The van der Waals surface area contributed by atoms with Crippen LogP contribution < -0.4 is 5.32 Å². The molecule has 2 saturated heterocycles. The lowest BCUT2D eigenvalue weighted by molar-refractivity contribution is 0.0545. The molecule has 3 fully saturated rings. The second-order valence-corrected chi connectivity index (χ2v) is 9.26. The first kappa shape index (κ1) is 19.3. The van der Waals surface area contributed by atoms with E-state index in [9.17, 15) is 13.2 Å². The van der Waals surface area contributed by atoms with Crippen molar-refractivity contribution in [3.63, 3.8) is 0 Å². The lowest BCUT2D eigenvalue weighted by atomic mass is 10.00. The van der Waals surface area contributed by atoms with Gasteiger partial charge in [-0.25, -0.2) is 13.2 Å². The normalized spacial score (nSPS) is 27.8. The van der Waals surface area contributed by atoms with Gasteiger partial charge in [0, 0.05) is 53.2 Å². The Morgan fingerprint density at radius 3 is 2.50 bits per heavy atom. The minimum atomic E-state index is -1.30. The van der Waals surface area contributed by atoms with Crippen molar-refractivity contribution in [3.8, 4) is 11.3 Å². The molecule has 3 heterocycles. The van der Waals surface area contributed by atoms with E-state index in [-0.39, 0.29) is 23.2 Å². The fourth-order valence-electron chi connectivity index (χ4n) is 5.37. The first-order chi connectivity index (χ1) is 16.2. The van der Waals surface area contributed by atoms with Crippen LogP contribution in [0.25, 0.3) is 11.3 Å². The highest BCUT2D eigenvalue weighted by atomic mass is 19.2. The maximum Gasteiger partial charge on any atom is 0.168 e. The summed E-state index contributed by atoms with van der Waals surface area (Å²) in [6.45, 7) is 3.18. The molecule has 1 unspecified atom stereocenters. The summed E-state index contributed by atoms with van der Waals surface area (Å²) in [6, 6.07) is 3.33. The molecule has 8 heteroatoms. The molecule has 2 aliphatic heterocycles. The topological polar surface area (TPSA) is 50.3 Å². The SMILES string of the molecule is [2H]C([2H])(C1CCOCC1)N1C[C@H]2CC(Nc3cc(C)c(-c4cc(F)cc(F)c4F)nn3)C[C@H]2C1. The van der Waals surface area contributed by atoms with Gasteiger partial charge in [0.15, 0.2) is 11.6 Å². The summed E-state index contributed by atoms with van der Waals surface area (Å²) >= 11 is 0. The number of aryl methyl sites for hydroxylation is 1. The number of aromatic nitrogens is 2. The molecule has 3 aliphatic rings. The maximum absolute atomic E-state index is 14.2. The predicted molar refractivity (Wildman–Crippen MR) is 116 cm³/mol. The standard InChI is InChI=1S/C24H29F3N4O/c1-14-6-22(29-30-24(14)20-9-18(25)10-21(26)23(20)27)28-19-7-16-12-31(13-17(16)8-19)11-15-2-4-32-5-3-15/h6,9-10,15-17,19H,2-5,7-8,11-13H2,1H3,(H,28,29)/t16-,17+,19?/i11D2. The van der Waals surface area contributed by atoms with Gasteiger partial charge >= 0.3 is 0 Å². The lowest BCUT2D eigenvalue weighted by Crippen LogP contribution is -2.32. The summed E-state index contributed by atoms with van der Waals surface area (Å²) in [4.78, 5) is 2.03. The summed E-state index contributed by atoms with van der Waals surface area (Å²) < 4.78 is 64.2. The lowest BCUT2D eigenvalue weighted by Gasteiger charge is -2.27. The molecule has 0 spiro atoms. The Morgan fingerprint density at radius 2 is 1.81 bits per heavy atom. The van der Waals surface area contributed by atoms with E-state index >= 15 is 0 Å². The molecule has 2 aromatic rings. The van der Waals surface area contributed by atoms with Gasteiger partial charge in [0.1, 0.15) is 11.6 Å². The van der Waals surface area contributed by atoms with Crippen LogP contribution in [0.3, 0.4) is 0 Å². The molecule has 0 radical (unpaired) electrons. The van der Waals surface area contributed by atoms with Gasteiger partial charge in [-0.2, -0.15) is 0 Å². The number of hydrogen-bond donors (Lipinski definition) is 1. The Morgan fingerprint density at radius 1 is 1.09 bits per heavy atom. The number of benzene rings is 1. The van der Waals surface area contributed by atoms with Crippen LogP contribution in [0.1, 0.15) is 34.0 Å². The summed E-state index contributed by atoms with van der Waals surface area (Å²) in [5, 5.41) is 11.6. The second-order valence-electron chi connectivity index (χ2n) is 9.26. The Labute approximate surface area is 189 Å². The fraction of sp³-hybridized carbons (Fsp3) is 0.583.